The zero-order valence-corrected chi connectivity index (χ0v) is 14.6. The number of carbonyl (C=O) groups excluding carboxylic acids is 1. The number of likely N-dealkylation sites (N-methyl/N-ethyl adjacent to an activating group) is 1. The number of amides is 1. The van der Waals surface area contributed by atoms with Crippen molar-refractivity contribution in [2.24, 2.45) is 0 Å². The van der Waals surface area contributed by atoms with Gasteiger partial charge in [0, 0.05) is 42.9 Å². The van der Waals surface area contributed by atoms with Crippen LogP contribution in [-0.4, -0.2) is 73.3 Å². The predicted octanol–water partition coefficient (Wildman–Crippen LogP) is 0.862. The van der Waals surface area contributed by atoms with E-state index in [2.05, 4.69) is 20.2 Å². The highest BCUT2D eigenvalue weighted by Crippen LogP contribution is 2.26. The Morgan fingerprint density at radius 1 is 1.28 bits per heavy atom. The lowest BCUT2D eigenvalue weighted by molar-refractivity contribution is 0.0781. The maximum atomic E-state index is 13.0. The molecule has 4 heterocycles. The van der Waals surface area contributed by atoms with Crippen molar-refractivity contribution in [2.45, 2.75) is 19.0 Å². The molecule has 130 valence electrons. The Kier molecular flexibility index (Phi) is 3.76. The first kappa shape index (κ1) is 15.8. The van der Waals surface area contributed by atoms with Gasteiger partial charge < -0.3 is 14.2 Å². The number of imidazole rings is 1. The van der Waals surface area contributed by atoms with Crippen LogP contribution in [0.3, 0.4) is 0 Å². The molecule has 4 rings (SSSR count). The van der Waals surface area contributed by atoms with Crippen LogP contribution in [0.4, 0.5) is 0 Å². The minimum atomic E-state index is 0.0256. The van der Waals surface area contributed by atoms with E-state index in [1.807, 2.05) is 65.7 Å². The van der Waals surface area contributed by atoms with E-state index in [-0.39, 0.29) is 18.0 Å². The Hall–Kier alpha value is -2.74. The Morgan fingerprint density at radius 2 is 2.12 bits per heavy atom. The molecule has 0 aliphatic carbocycles. The predicted molar refractivity (Wildman–Crippen MR) is 92.4 cm³/mol. The van der Waals surface area contributed by atoms with Gasteiger partial charge in [0.15, 0.2) is 0 Å². The summed E-state index contributed by atoms with van der Waals surface area (Å²) in [5, 5.41) is 8.03. The van der Waals surface area contributed by atoms with Gasteiger partial charge in [0.05, 0.1) is 18.3 Å². The Labute approximate surface area is 145 Å². The van der Waals surface area contributed by atoms with Crippen molar-refractivity contribution in [3.05, 3.63) is 48.2 Å². The van der Waals surface area contributed by atoms with Crippen molar-refractivity contribution in [1.82, 2.24) is 34.2 Å². The van der Waals surface area contributed by atoms with Gasteiger partial charge in [-0.1, -0.05) is 5.21 Å². The summed E-state index contributed by atoms with van der Waals surface area (Å²) in [6, 6.07) is 4.00. The van der Waals surface area contributed by atoms with Crippen molar-refractivity contribution in [3.63, 3.8) is 0 Å². The van der Waals surface area contributed by atoms with Crippen LogP contribution in [0.2, 0.25) is 0 Å². The largest absolute Gasteiger partial charge is 0.335 e. The first-order valence-electron chi connectivity index (χ1n) is 8.30. The first-order chi connectivity index (χ1) is 12.0. The van der Waals surface area contributed by atoms with Crippen molar-refractivity contribution < 1.29 is 4.79 Å². The molecule has 2 atom stereocenters. The van der Waals surface area contributed by atoms with Gasteiger partial charge in [0.25, 0.3) is 5.91 Å². The molecular weight excluding hydrogens is 318 g/mol. The normalized spacial score (nSPS) is 20.7. The number of likely N-dealkylation sites (tertiary alicyclic amines) is 1. The fourth-order valence-electron chi connectivity index (χ4n) is 3.52. The third kappa shape index (κ3) is 2.68. The Balaban J connectivity index is 1.61. The summed E-state index contributed by atoms with van der Waals surface area (Å²) < 4.78 is 3.82. The highest BCUT2D eigenvalue weighted by molar-refractivity contribution is 5.95. The van der Waals surface area contributed by atoms with E-state index in [9.17, 15) is 4.79 Å². The van der Waals surface area contributed by atoms with Crippen molar-refractivity contribution in [1.29, 1.82) is 0 Å². The molecule has 0 unspecified atom stereocenters. The number of carbonyl (C=O) groups is 1. The number of aryl methyl sites for hydroxylation is 1. The lowest BCUT2D eigenvalue weighted by Gasteiger charge is -2.24. The van der Waals surface area contributed by atoms with Crippen LogP contribution >= 0.6 is 0 Å². The van der Waals surface area contributed by atoms with Crippen LogP contribution in [0, 0.1) is 6.92 Å². The van der Waals surface area contributed by atoms with Gasteiger partial charge in [-0.3, -0.25) is 4.79 Å². The molecule has 8 heteroatoms. The molecule has 8 nitrogen and oxygen atoms in total. The highest BCUT2D eigenvalue weighted by Gasteiger charge is 2.38. The molecule has 1 aliphatic heterocycles. The minimum absolute atomic E-state index is 0.0256. The maximum Gasteiger partial charge on any atom is 0.254 e. The number of nitrogens with zero attached hydrogens (tertiary/aromatic N) is 7. The fourth-order valence-corrected chi connectivity index (χ4v) is 3.52. The SMILES string of the molecule is Cc1cnc2cc(C(=O)N3C[C@@H](N(C)C)[C@@H](n4ccnn4)C3)ccn12. The molecule has 0 bridgehead atoms. The lowest BCUT2D eigenvalue weighted by Crippen LogP contribution is -2.37. The zero-order chi connectivity index (χ0) is 17.6. The molecule has 1 amide bonds. The number of aromatic nitrogens is 5. The summed E-state index contributed by atoms with van der Waals surface area (Å²) in [7, 11) is 4.06. The summed E-state index contributed by atoms with van der Waals surface area (Å²) in [6.45, 7) is 3.27. The quantitative estimate of drug-likeness (QED) is 0.708. The summed E-state index contributed by atoms with van der Waals surface area (Å²) in [5.41, 5.74) is 2.50. The second kappa shape index (κ2) is 5.96. The van der Waals surface area contributed by atoms with Gasteiger partial charge >= 0.3 is 0 Å². The van der Waals surface area contributed by atoms with Crippen LogP contribution in [0.25, 0.3) is 5.65 Å². The molecule has 3 aromatic heterocycles. The van der Waals surface area contributed by atoms with Crippen molar-refractivity contribution in [3.8, 4) is 0 Å². The van der Waals surface area contributed by atoms with Crippen molar-refractivity contribution in [2.75, 3.05) is 27.2 Å². The topological polar surface area (TPSA) is 71.6 Å². The zero-order valence-electron chi connectivity index (χ0n) is 14.6. The van der Waals surface area contributed by atoms with E-state index in [4.69, 9.17) is 0 Å². The van der Waals surface area contributed by atoms with Gasteiger partial charge in [0.1, 0.15) is 5.65 Å². The third-order valence-corrected chi connectivity index (χ3v) is 4.94. The van der Waals surface area contributed by atoms with Gasteiger partial charge in [0.2, 0.25) is 0 Å². The monoisotopic (exact) mass is 339 g/mol. The number of rotatable bonds is 3. The van der Waals surface area contributed by atoms with E-state index < -0.39 is 0 Å². The van der Waals surface area contributed by atoms with Crippen LogP contribution in [-0.2, 0) is 0 Å². The average Bonchev–Trinajstić information content (AvgIpc) is 3.33. The van der Waals surface area contributed by atoms with Crippen molar-refractivity contribution >= 4 is 11.6 Å². The fraction of sp³-hybridized carbons (Fsp3) is 0.412. The first-order valence-corrected chi connectivity index (χ1v) is 8.30. The maximum absolute atomic E-state index is 13.0. The Morgan fingerprint density at radius 3 is 2.84 bits per heavy atom. The van der Waals surface area contributed by atoms with E-state index in [1.165, 1.54) is 0 Å². The van der Waals surface area contributed by atoms with E-state index in [0.29, 0.717) is 18.7 Å². The summed E-state index contributed by atoms with van der Waals surface area (Å²) in [6.07, 6.45) is 7.24. The summed E-state index contributed by atoms with van der Waals surface area (Å²) >= 11 is 0. The van der Waals surface area contributed by atoms with Crippen LogP contribution in [0.15, 0.2) is 36.9 Å². The molecular formula is C17H21N7O. The van der Waals surface area contributed by atoms with Crippen LogP contribution in [0.5, 0.6) is 0 Å². The number of hydrogen-bond donors (Lipinski definition) is 0. The molecule has 1 fully saturated rings. The minimum Gasteiger partial charge on any atom is -0.335 e. The number of pyridine rings is 1. The van der Waals surface area contributed by atoms with Crippen LogP contribution < -0.4 is 0 Å². The third-order valence-electron chi connectivity index (χ3n) is 4.94. The molecule has 25 heavy (non-hydrogen) atoms. The number of hydrogen-bond acceptors (Lipinski definition) is 5. The molecule has 3 aromatic rings. The molecule has 1 saturated heterocycles. The Bertz CT molecular complexity index is 899. The highest BCUT2D eigenvalue weighted by atomic mass is 16.2. The van der Waals surface area contributed by atoms with E-state index in [0.717, 1.165) is 11.3 Å². The molecule has 0 saturated carbocycles. The standard InChI is InChI=1S/C17H21N7O/c1-12-9-18-16-8-13(4-6-23(12)16)17(25)22-10-14(21(2)3)15(11-22)24-7-5-19-20-24/h4-9,14-15H,10-11H2,1-3H3/t14-,15+/m1/s1. The van der Waals surface area contributed by atoms with Gasteiger partial charge in [-0.15, -0.1) is 5.10 Å². The molecule has 1 aliphatic rings. The molecule has 0 aromatic carbocycles. The lowest BCUT2D eigenvalue weighted by atomic mass is 10.1. The number of fused-ring (bicyclic) bond motifs is 1. The van der Waals surface area contributed by atoms with E-state index in [1.54, 1.807) is 6.20 Å². The average molecular weight is 339 g/mol. The van der Waals surface area contributed by atoms with Crippen LogP contribution in [0.1, 0.15) is 22.1 Å². The second-order valence-corrected chi connectivity index (χ2v) is 6.73. The van der Waals surface area contributed by atoms with Gasteiger partial charge in [-0.2, -0.15) is 0 Å². The van der Waals surface area contributed by atoms with Gasteiger partial charge in [-0.25, -0.2) is 9.67 Å². The van der Waals surface area contributed by atoms with E-state index >= 15 is 0 Å². The smallest absolute Gasteiger partial charge is 0.254 e. The van der Waals surface area contributed by atoms with Gasteiger partial charge in [-0.05, 0) is 33.2 Å². The summed E-state index contributed by atoms with van der Waals surface area (Å²) in [4.78, 5) is 21.4. The second-order valence-electron chi connectivity index (χ2n) is 6.73. The summed E-state index contributed by atoms with van der Waals surface area (Å²) in [5.74, 6) is 0.0256. The molecule has 0 N–H and O–H groups in total. The molecule has 0 radical (unpaired) electrons. The molecule has 0 spiro atoms.